The molecular weight excluding hydrogens is 355 g/mol. The lowest BCUT2D eigenvalue weighted by molar-refractivity contribution is -0.0703. The van der Waals surface area contributed by atoms with Gasteiger partial charge < -0.3 is 30.7 Å². The summed E-state index contributed by atoms with van der Waals surface area (Å²) in [6, 6.07) is 0.954. The van der Waals surface area contributed by atoms with Crippen LogP contribution in [-0.2, 0) is 0 Å². The molecule has 26 heavy (non-hydrogen) atoms. The number of hydrogen-bond donors (Lipinski definition) is 5. The van der Waals surface area contributed by atoms with Crippen LogP contribution in [0.2, 0.25) is 0 Å². The van der Waals surface area contributed by atoms with Crippen LogP contribution in [0.4, 0.5) is 13.2 Å². The Bertz CT molecular complexity index is 926. The quantitative estimate of drug-likeness (QED) is 0.272. The number of fused-ring (bicyclic) bond motifs is 1. The zero-order valence-electron chi connectivity index (χ0n) is 13.2. The van der Waals surface area contributed by atoms with Crippen molar-refractivity contribution in [3.63, 3.8) is 0 Å². The number of nitrogens with two attached hydrogens (primary N) is 1. The van der Waals surface area contributed by atoms with Crippen LogP contribution in [0.5, 0.6) is 0 Å². The van der Waals surface area contributed by atoms with Crippen LogP contribution >= 0.6 is 0 Å². The monoisotopic (exact) mass is 371 g/mol. The van der Waals surface area contributed by atoms with Crippen molar-refractivity contribution >= 4 is 11.0 Å². The third kappa shape index (κ3) is 3.26. The lowest BCUT2D eigenvalue weighted by Gasteiger charge is -2.19. The molecule has 140 valence electrons. The van der Waals surface area contributed by atoms with Crippen LogP contribution in [0.15, 0.2) is 23.7 Å². The largest absolute Gasteiger partial charge is 0.457 e. The molecular formula is C15H16F3N5O3. The number of aromatic amines is 1. The maximum Gasteiger partial charge on any atom is 0.457 e. The molecule has 3 rings (SSSR count). The SMILES string of the molecule is N/N=c1/nc[nH]c2c1ccn2[C@@H]1C[C@H](C(O)C#CC(F)(F)F)[C@@H](O)[C@H]1O. The molecule has 1 aliphatic rings. The van der Waals surface area contributed by atoms with Gasteiger partial charge in [0.2, 0.25) is 0 Å². The Morgan fingerprint density at radius 2 is 2.12 bits per heavy atom. The van der Waals surface area contributed by atoms with E-state index in [1.807, 2.05) is 0 Å². The van der Waals surface area contributed by atoms with E-state index in [0.29, 0.717) is 11.0 Å². The summed E-state index contributed by atoms with van der Waals surface area (Å²) in [5, 5.41) is 34.5. The zero-order chi connectivity index (χ0) is 19.1. The Morgan fingerprint density at radius 1 is 1.38 bits per heavy atom. The summed E-state index contributed by atoms with van der Waals surface area (Å²) in [4.78, 5) is 6.83. The predicted octanol–water partition coefficient (Wildman–Crippen LogP) is -0.652. The van der Waals surface area contributed by atoms with Gasteiger partial charge in [0.15, 0.2) is 5.49 Å². The van der Waals surface area contributed by atoms with Crippen molar-refractivity contribution in [2.45, 2.75) is 37.0 Å². The fourth-order valence-corrected chi connectivity index (χ4v) is 3.28. The van der Waals surface area contributed by atoms with E-state index in [2.05, 4.69) is 15.1 Å². The number of aromatic nitrogens is 3. The molecule has 2 heterocycles. The van der Waals surface area contributed by atoms with Gasteiger partial charge in [0, 0.05) is 18.0 Å². The number of nitrogens with one attached hydrogen (secondary N) is 1. The highest BCUT2D eigenvalue weighted by molar-refractivity contribution is 5.74. The maximum absolute atomic E-state index is 12.2. The van der Waals surface area contributed by atoms with Crippen LogP contribution in [0, 0.1) is 17.8 Å². The van der Waals surface area contributed by atoms with Crippen LogP contribution < -0.4 is 11.3 Å². The molecule has 11 heteroatoms. The Kier molecular flexibility index (Phi) is 4.66. The second-order valence-corrected chi connectivity index (χ2v) is 6.00. The van der Waals surface area contributed by atoms with Crippen LogP contribution in [0.25, 0.3) is 11.0 Å². The van der Waals surface area contributed by atoms with Crippen molar-refractivity contribution in [1.29, 1.82) is 0 Å². The van der Waals surface area contributed by atoms with Crippen molar-refractivity contribution in [2.24, 2.45) is 16.9 Å². The van der Waals surface area contributed by atoms with Gasteiger partial charge in [-0.25, -0.2) is 4.98 Å². The molecule has 0 saturated heterocycles. The van der Waals surface area contributed by atoms with E-state index >= 15 is 0 Å². The van der Waals surface area contributed by atoms with Gasteiger partial charge in [-0.2, -0.15) is 18.3 Å². The van der Waals surface area contributed by atoms with Crippen LogP contribution in [0.1, 0.15) is 12.5 Å². The molecule has 1 saturated carbocycles. The number of rotatable bonds is 2. The minimum absolute atomic E-state index is 0.0189. The molecule has 8 nitrogen and oxygen atoms in total. The summed E-state index contributed by atoms with van der Waals surface area (Å²) in [7, 11) is 0. The molecule has 0 aliphatic heterocycles. The molecule has 0 spiro atoms. The highest BCUT2D eigenvalue weighted by Crippen LogP contribution is 2.38. The van der Waals surface area contributed by atoms with E-state index in [1.54, 1.807) is 22.8 Å². The smallest absolute Gasteiger partial charge is 0.390 e. The third-order valence-corrected chi connectivity index (χ3v) is 4.49. The second-order valence-electron chi connectivity index (χ2n) is 6.00. The molecule has 0 aromatic carbocycles. The van der Waals surface area contributed by atoms with Gasteiger partial charge in [0.25, 0.3) is 0 Å². The number of hydrogen-bond acceptors (Lipinski definition) is 6. The van der Waals surface area contributed by atoms with Crippen LogP contribution in [0.3, 0.4) is 0 Å². The highest BCUT2D eigenvalue weighted by Gasteiger charge is 2.45. The number of nitrogens with zero attached hydrogens (tertiary/aromatic N) is 3. The first kappa shape index (κ1) is 18.2. The summed E-state index contributed by atoms with van der Waals surface area (Å²) < 4.78 is 38.2. The lowest BCUT2D eigenvalue weighted by atomic mass is 9.98. The van der Waals surface area contributed by atoms with Gasteiger partial charge in [-0.15, -0.1) is 0 Å². The Labute approximate surface area is 144 Å². The molecule has 0 amide bonds. The molecule has 1 unspecified atom stereocenters. The van der Waals surface area contributed by atoms with Gasteiger partial charge in [-0.05, 0) is 12.5 Å². The van der Waals surface area contributed by atoms with Crippen molar-refractivity contribution in [1.82, 2.24) is 14.5 Å². The van der Waals surface area contributed by atoms with Crippen LogP contribution in [-0.4, -0.2) is 54.3 Å². The molecule has 0 bridgehead atoms. The maximum atomic E-state index is 12.2. The van der Waals surface area contributed by atoms with Gasteiger partial charge >= 0.3 is 6.18 Å². The average molecular weight is 371 g/mol. The zero-order valence-corrected chi connectivity index (χ0v) is 13.2. The fourth-order valence-electron chi connectivity index (χ4n) is 3.28. The van der Waals surface area contributed by atoms with Crippen molar-refractivity contribution in [3.8, 4) is 11.8 Å². The summed E-state index contributed by atoms with van der Waals surface area (Å²) in [5.74, 6) is 6.90. The molecule has 0 radical (unpaired) electrons. The van der Waals surface area contributed by atoms with E-state index in [0.717, 1.165) is 5.92 Å². The topological polar surface area (TPSA) is 133 Å². The first-order chi connectivity index (χ1) is 12.2. The lowest BCUT2D eigenvalue weighted by Crippen LogP contribution is -2.33. The molecule has 1 aliphatic carbocycles. The first-order valence-electron chi connectivity index (χ1n) is 7.64. The van der Waals surface area contributed by atoms with Gasteiger partial charge in [0.1, 0.15) is 17.9 Å². The van der Waals surface area contributed by atoms with E-state index < -0.39 is 36.4 Å². The van der Waals surface area contributed by atoms with Crippen molar-refractivity contribution in [3.05, 3.63) is 24.1 Å². The van der Waals surface area contributed by atoms with E-state index in [4.69, 9.17) is 5.84 Å². The van der Waals surface area contributed by atoms with Gasteiger partial charge in [0.05, 0.1) is 23.9 Å². The Morgan fingerprint density at radius 3 is 2.77 bits per heavy atom. The Hall–Kier alpha value is -2.55. The van der Waals surface area contributed by atoms with E-state index in [-0.39, 0.29) is 11.9 Å². The predicted molar refractivity (Wildman–Crippen MR) is 82.8 cm³/mol. The second kappa shape index (κ2) is 6.64. The Balaban J connectivity index is 1.92. The standard InChI is InChI=1S/C15H16F3N5O3/c16-15(17,18)3-1-10(24)8-5-9(12(26)11(8)25)23-4-2-7-13(22-19)20-6-21-14(7)23/h2,4,6,8-12,24-26H,5,19H2,(H,20,21,22)/t8-,9-,10?,11-,12+/m1/s1. The minimum atomic E-state index is -4.75. The number of aliphatic hydroxyl groups excluding tert-OH is 3. The summed E-state index contributed by atoms with van der Waals surface area (Å²) in [6.07, 6.45) is -6.24. The summed E-state index contributed by atoms with van der Waals surface area (Å²) in [6.45, 7) is 0. The van der Waals surface area contributed by atoms with E-state index in [9.17, 15) is 28.5 Å². The number of H-pyrrole nitrogens is 1. The van der Waals surface area contributed by atoms with Gasteiger partial charge in [-0.1, -0.05) is 5.92 Å². The minimum Gasteiger partial charge on any atom is -0.390 e. The molecule has 5 atom stereocenters. The molecule has 6 N–H and O–H groups in total. The fraction of sp³-hybridized carbons (Fsp3) is 0.467. The molecule has 2 aromatic heterocycles. The van der Waals surface area contributed by atoms with Crippen molar-refractivity contribution in [2.75, 3.05) is 0 Å². The van der Waals surface area contributed by atoms with E-state index in [1.165, 1.54) is 6.33 Å². The summed E-state index contributed by atoms with van der Waals surface area (Å²) >= 11 is 0. The average Bonchev–Trinajstić information content (AvgIpc) is 3.14. The third-order valence-electron chi connectivity index (χ3n) is 4.49. The number of alkyl halides is 3. The number of aliphatic hydroxyl groups is 3. The summed E-state index contributed by atoms with van der Waals surface area (Å²) in [5.41, 5.74) is 0.773. The highest BCUT2D eigenvalue weighted by atomic mass is 19.4. The molecule has 1 fully saturated rings. The van der Waals surface area contributed by atoms with Crippen molar-refractivity contribution < 1.29 is 28.5 Å². The normalized spacial score (nSPS) is 28.2. The molecule has 2 aromatic rings. The first-order valence-corrected chi connectivity index (χ1v) is 7.64. The number of halogens is 3. The van der Waals surface area contributed by atoms with Gasteiger partial charge in [-0.3, -0.25) is 0 Å².